The van der Waals surface area contributed by atoms with Crippen LogP contribution in [0.1, 0.15) is 26.1 Å². The molecule has 2 atom stereocenters. The third kappa shape index (κ3) is 5.24. The van der Waals surface area contributed by atoms with Gasteiger partial charge in [-0.1, -0.05) is 6.92 Å². The molecule has 1 aromatic rings. The number of anilines is 2. The number of hydrogen-bond acceptors (Lipinski definition) is 6. The highest BCUT2D eigenvalue weighted by molar-refractivity contribution is 7.99. The first kappa shape index (κ1) is 16.0. The first-order valence-corrected chi connectivity index (χ1v) is 7.89. The van der Waals surface area contributed by atoms with Crippen LogP contribution in [0, 0.1) is 6.92 Å². The summed E-state index contributed by atoms with van der Waals surface area (Å²) in [5, 5.41) is 16.0. The number of rotatable bonds is 8. The lowest BCUT2D eigenvalue weighted by molar-refractivity contribution is 0.288. The number of aryl methyl sites for hydroxylation is 1. The van der Waals surface area contributed by atoms with E-state index in [4.69, 9.17) is 0 Å². The lowest BCUT2D eigenvalue weighted by Crippen LogP contribution is -2.31. The van der Waals surface area contributed by atoms with Gasteiger partial charge < -0.3 is 15.7 Å². The molecule has 0 aromatic carbocycles. The number of nitrogens with zero attached hydrogens (tertiary/aromatic N) is 2. The van der Waals surface area contributed by atoms with Crippen molar-refractivity contribution in [3.63, 3.8) is 0 Å². The lowest BCUT2D eigenvalue weighted by atomic mass is 10.2. The number of nitrogens with one attached hydrogen (secondary N) is 2. The first-order chi connectivity index (χ1) is 9.10. The highest BCUT2D eigenvalue weighted by Gasteiger charge is 2.15. The van der Waals surface area contributed by atoms with E-state index in [2.05, 4.69) is 27.5 Å². The van der Waals surface area contributed by atoms with Gasteiger partial charge in [0.25, 0.3) is 0 Å². The van der Waals surface area contributed by atoms with Crippen LogP contribution < -0.4 is 10.6 Å². The molecular weight excluding hydrogens is 260 g/mol. The van der Waals surface area contributed by atoms with E-state index in [1.807, 2.05) is 26.2 Å². The van der Waals surface area contributed by atoms with Crippen LogP contribution >= 0.6 is 11.8 Å². The Kier molecular flexibility index (Phi) is 6.94. The van der Waals surface area contributed by atoms with Crippen LogP contribution in [0.25, 0.3) is 0 Å². The molecular formula is C13H24N4OS. The second kappa shape index (κ2) is 8.22. The number of hydrogen-bond donors (Lipinski definition) is 3. The van der Waals surface area contributed by atoms with Crippen LogP contribution in [-0.4, -0.2) is 45.8 Å². The second-order valence-electron chi connectivity index (χ2n) is 4.50. The van der Waals surface area contributed by atoms with Gasteiger partial charge in [0.05, 0.1) is 6.61 Å². The van der Waals surface area contributed by atoms with Crippen molar-refractivity contribution in [3.05, 3.63) is 11.9 Å². The molecule has 0 aliphatic heterocycles. The molecule has 19 heavy (non-hydrogen) atoms. The van der Waals surface area contributed by atoms with Crippen LogP contribution in [0.15, 0.2) is 6.07 Å². The molecule has 0 saturated heterocycles. The van der Waals surface area contributed by atoms with E-state index in [1.54, 1.807) is 11.8 Å². The average Bonchev–Trinajstić information content (AvgIpc) is 2.37. The average molecular weight is 284 g/mol. The molecule has 0 fully saturated rings. The number of aliphatic hydroxyl groups excluding tert-OH is 1. The number of aliphatic hydroxyl groups is 1. The van der Waals surface area contributed by atoms with Crippen LogP contribution in [0.3, 0.4) is 0 Å². The van der Waals surface area contributed by atoms with Gasteiger partial charge in [-0.05, 0) is 26.5 Å². The fraction of sp³-hybridized carbons (Fsp3) is 0.692. The fourth-order valence-corrected chi connectivity index (χ4v) is 2.37. The maximum Gasteiger partial charge on any atom is 0.132 e. The van der Waals surface area contributed by atoms with Gasteiger partial charge in [0.1, 0.15) is 17.5 Å². The predicted octanol–water partition coefficient (Wildman–Crippen LogP) is 2.13. The van der Waals surface area contributed by atoms with E-state index in [9.17, 15) is 5.11 Å². The zero-order valence-corrected chi connectivity index (χ0v) is 12.9. The maximum absolute atomic E-state index is 9.29. The van der Waals surface area contributed by atoms with E-state index in [0.717, 1.165) is 30.4 Å². The van der Waals surface area contributed by atoms with Crippen molar-refractivity contribution in [1.29, 1.82) is 0 Å². The topological polar surface area (TPSA) is 70.1 Å². The van der Waals surface area contributed by atoms with E-state index in [1.165, 1.54) is 0 Å². The van der Waals surface area contributed by atoms with Gasteiger partial charge in [0.15, 0.2) is 0 Å². The third-order valence-electron chi connectivity index (χ3n) is 2.81. The highest BCUT2D eigenvalue weighted by atomic mass is 32.2. The van der Waals surface area contributed by atoms with Crippen molar-refractivity contribution in [1.82, 2.24) is 9.97 Å². The minimum absolute atomic E-state index is 0.147. The van der Waals surface area contributed by atoms with Crippen LogP contribution in [0.4, 0.5) is 11.6 Å². The Morgan fingerprint density at radius 3 is 2.63 bits per heavy atom. The standard InChI is InChI=1S/C13H24N4OS/c1-5-6-14-12-7-13(17-10(3)16-12)15-9(2)11(8-18)19-4/h7,9,11,18H,5-6,8H2,1-4H3,(H2,14,15,16,17). The van der Waals surface area contributed by atoms with Crippen LogP contribution in [0.5, 0.6) is 0 Å². The predicted molar refractivity (Wildman–Crippen MR) is 83.0 cm³/mol. The summed E-state index contributed by atoms with van der Waals surface area (Å²) in [6.45, 7) is 7.10. The minimum Gasteiger partial charge on any atom is -0.395 e. The smallest absolute Gasteiger partial charge is 0.132 e. The molecule has 1 rings (SSSR count). The summed E-state index contributed by atoms with van der Waals surface area (Å²) >= 11 is 1.65. The Labute approximate surface area is 119 Å². The van der Waals surface area contributed by atoms with E-state index in [0.29, 0.717) is 0 Å². The summed E-state index contributed by atoms with van der Waals surface area (Å²) in [6.07, 6.45) is 3.06. The van der Waals surface area contributed by atoms with E-state index >= 15 is 0 Å². The monoisotopic (exact) mass is 284 g/mol. The van der Waals surface area contributed by atoms with Crippen molar-refractivity contribution in [2.75, 3.05) is 30.0 Å². The lowest BCUT2D eigenvalue weighted by Gasteiger charge is -2.22. The summed E-state index contributed by atoms with van der Waals surface area (Å²) in [5.74, 6) is 2.38. The highest BCUT2D eigenvalue weighted by Crippen LogP contribution is 2.17. The molecule has 6 heteroatoms. The molecule has 0 spiro atoms. The SMILES string of the molecule is CCCNc1cc(NC(C)C(CO)SC)nc(C)n1. The molecule has 1 aromatic heterocycles. The van der Waals surface area contributed by atoms with Crippen molar-refractivity contribution >= 4 is 23.4 Å². The number of aromatic nitrogens is 2. The van der Waals surface area contributed by atoms with Crippen LogP contribution in [0.2, 0.25) is 0 Å². The molecule has 108 valence electrons. The van der Waals surface area contributed by atoms with Gasteiger partial charge >= 0.3 is 0 Å². The molecule has 5 nitrogen and oxygen atoms in total. The Morgan fingerprint density at radius 2 is 2.05 bits per heavy atom. The Morgan fingerprint density at radius 1 is 1.37 bits per heavy atom. The van der Waals surface area contributed by atoms with Gasteiger partial charge in [-0.3, -0.25) is 0 Å². The van der Waals surface area contributed by atoms with Gasteiger partial charge in [0, 0.05) is 23.9 Å². The summed E-state index contributed by atoms with van der Waals surface area (Å²) < 4.78 is 0. The summed E-state index contributed by atoms with van der Waals surface area (Å²) in [7, 11) is 0. The zero-order chi connectivity index (χ0) is 14.3. The number of thioether (sulfide) groups is 1. The van der Waals surface area contributed by atoms with Gasteiger partial charge in [-0.2, -0.15) is 11.8 Å². The second-order valence-corrected chi connectivity index (χ2v) is 5.58. The Hall–Kier alpha value is -1.01. The summed E-state index contributed by atoms with van der Waals surface area (Å²) in [4.78, 5) is 8.73. The van der Waals surface area contributed by atoms with Crippen molar-refractivity contribution in [3.8, 4) is 0 Å². The summed E-state index contributed by atoms with van der Waals surface area (Å²) in [5.41, 5.74) is 0. The Balaban J connectivity index is 2.74. The van der Waals surface area contributed by atoms with Crippen molar-refractivity contribution in [2.24, 2.45) is 0 Å². The molecule has 0 saturated carbocycles. The Bertz CT molecular complexity index is 385. The molecule has 2 unspecified atom stereocenters. The fourth-order valence-electron chi connectivity index (χ4n) is 1.75. The molecule has 0 bridgehead atoms. The van der Waals surface area contributed by atoms with E-state index < -0.39 is 0 Å². The largest absolute Gasteiger partial charge is 0.395 e. The van der Waals surface area contributed by atoms with Crippen LogP contribution in [-0.2, 0) is 0 Å². The minimum atomic E-state index is 0.147. The maximum atomic E-state index is 9.29. The van der Waals surface area contributed by atoms with Crippen molar-refractivity contribution in [2.45, 2.75) is 38.5 Å². The van der Waals surface area contributed by atoms with Crippen molar-refractivity contribution < 1.29 is 5.11 Å². The third-order valence-corrected chi connectivity index (χ3v) is 3.97. The normalized spacial score (nSPS) is 13.9. The molecule has 1 heterocycles. The molecule has 3 N–H and O–H groups in total. The molecule has 0 amide bonds. The van der Waals surface area contributed by atoms with Gasteiger partial charge in [0.2, 0.25) is 0 Å². The summed E-state index contributed by atoms with van der Waals surface area (Å²) in [6, 6.07) is 2.06. The zero-order valence-electron chi connectivity index (χ0n) is 12.1. The molecule has 0 aliphatic carbocycles. The molecule has 0 aliphatic rings. The van der Waals surface area contributed by atoms with E-state index in [-0.39, 0.29) is 17.9 Å². The first-order valence-electron chi connectivity index (χ1n) is 6.60. The van der Waals surface area contributed by atoms with Gasteiger partial charge in [-0.25, -0.2) is 9.97 Å². The molecule has 0 radical (unpaired) electrons. The van der Waals surface area contributed by atoms with Gasteiger partial charge in [-0.15, -0.1) is 0 Å². The quantitative estimate of drug-likeness (QED) is 0.679.